The molecule has 0 spiro atoms. The van der Waals surface area contributed by atoms with Gasteiger partial charge in [-0.05, 0) is 94.0 Å². The fourth-order valence-corrected chi connectivity index (χ4v) is 9.56. The Balaban J connectivity index is 1.05. The summed E-state index contributed by atoms with van der Waals surface area (Å²) < 4.78 is 3.85. The third-order valence-electron chi connectivity index (χ3n) is 9.91. The average Bonchev–Trinajstić information content (AvgIpc) is 3.84. The van der Waals surface area contributed by atoms with Crippen molar-refractivity contribution in [1.29, 1.82) is 0 Å². The first-order valence-electron chi connectivity index (χ1n) is 17.8. The van der Waals surface area contributed by atoms with Gasteiger partial charge in [-0.15, -0.1) is 22.7 Å². The number of nitrogens with zero attached hydrogens (tertiary/aromatic N) is 2. The van der Waals surface area contributed by atoms with E-state index in [4.69, 9.17) is 4.98 Å². The van der Waals surface area contributed by atoms with Crippen molar-refractivity contribution < 1.29 is 0 Å². The van der Waals surface area contributed by atoms with Gasteiger partial charge >= 0.3 is 0 Å². The molecule has 10 aromatic rings. The lowest BCUT2D eigenvalue weighted by Crippen LogP contribution is -2.10. The molecule has 0 bridgehead atoms. The number of thiazole rings is 1. The smallest absolute Gasteiger partial charge is 0.124 e. The average molecular weight is 713 g/mol. The zero-order valence-electron chi connectivity index (χ0n) is 28.7. The molecule has 53 heavy (non-hydrogen) atoms. The van der Waals surface area contributed by atoms with E-state index >= 15 is 0 Å². The summed E-state index contributed by atoms with van der Waals surface area (Å²) in [5.41, 5.74) is 12.7. The molecule has 250 valence electrons. The summed E-state index contributed by atoms with van der Waals surface area (Å²) >= 11 is 3.65. The minimum atomic E-state index is 1.06. The summed E-state index contributed by atoms with van der Waals surface area (Å²) in [6, 6.07) is 69.7. The largest absolute Gasteiger partial charge is 0.310 e. The Kier molecular flexibility index (Phi) is 7.90. The summed E-state index contributed by atoms with van der Waals surface area (Å²) in [6.07, 6.45) is 0. The Morgan fingerprint density at radius 1 is 0.358 bits per heavy atom. The van der Waals surface area contributed by atoms with Crippen molar-refractivity contribution in [3.63, 3.8) is 0 Å². The molecule has 0 radical (unpaired) electrons. The van der Waals surface area contributed by atoms with Crippen LogP contribution in [-0.2, 0) is 0 Å². The van der Waals surface area contributed by atoms with Crippen molar-refractivity contribution in [2.75, 3.05) is 4.90 Å². The van der Waals surface area contributed by atoms with Crippen LogP contribution < -0.4 is 4.90 Å². The molecule has 8 aromatic carbocycles. The van der Waals surface area contributed by atoms with E-state index in [0.717, 1.165) is 33.1 Å². The first-order valence-corrected chi connectivity index (χ1v) is 19.4. The molecular formula is C49H32N2S2. The molecule has 2 nitrogen and oxygen atoms in total. The highest BCUT2D eigenvalue weighted by molar-refractivity contribution is 7.28. The van der Waals surface area contributed by atoms with E-state index in [1.807, 2.05) is 11.3 Å². The fraction of sp³-hybridized carbons (Fsp3) is 0. The third kappa shape index (κ3) is 5.88. The van der Waals surface area contributed by atoms with Crippen LogP contribution in [0.15, 0.2) is 194 Å². The number of thiophene rings is 1. The lowest BCUT2D eigenvalue weighted by atomic mass is 10.0. The summed E-state index contributed by atoms with van der Waals surface area (Å²) in [6.45, 7) is 0. The number of hydrogen-bond acceptors (Lipinski definition) is 4. The van der Waals surface area contributed by atoms with Crippen LogP contribution >= 0.6 is 22.7 Å². The maximum atomic E-state index is 5.04. The zero-order chi connectivity index (χ0) is 35.1. The van der Waals surface area contributed by atoms with Gasteiger partial charge in [-0.1, -0.05) is 133 Å². The highest BCUT2D eigenvalue weighted by Gasteiger charge is 2.17. The standard InChI is InChI=1S/C49H32N2S2/c1-4-11-33(12-5-1)35-19-24-40(25-20-35)51(42-18-10-17-38(31-42)34-13-6-2-7-14-34)41-26-21-36(22-27-41)39-23-29-45-43(32-39)47-46(52-45)30-28-44-48(47)53-49(50-44)37-15-8-3-9-16-37/h1-32H. The van der Waals surface area contributed by atoms with Gasteiger partial charge in [-0.25, -0.2) is 4.98 Å². The van der Waals surface area contributed by atoms with Crippen molar-refractivity contribution >= 4 is 70.1 Å². The molecule has 0 aliphatic heterocycles. The number of aromatic nitrogens is 1. The quantitative estimate of drug-likeness (QED) is 0.164. The molecule has 0 N–H and O–H groups in total. The lowest BCUT2D eigenvalue weighted by molar-refractivity contribution is 1.28. The molecule has 0 unspecified atom stereocenters. The Morgan fingerprint density at radius 3 is 1.53 bits per heavy atom. The van der Waals surface area contributed by atoms with Crippen LogP contribution in [0.5, 0.6) is 0 Å². The molecular weight excluding hydrogens is 681 g/mol. The van der Waals surface area contributed by atoms with Crippen molar-refractivity contribution in [3.8, 4) is 44.0 Å². The van der Waals surface area contributed by atoms with E-state index in [0.29, 0.717) is 0 Å². The highest BCUT2D eigenvalue weighted by Crippen LogP contribution is 2.44. The molecule has 0 amide bonds. The fourth-order valence-electron chi connectivity index (χ4n) is 7.27. The van der Waals surface area contributed by atoms with Crippen LogP contribution in [0.3, 0.4) is 0 Å². The van der Waals surface area contributed by atoms with Crippen molar-refractivity contribution in [2.45, 2.75) is 0 Å². The van der Waals surface area contributed by atoms with Crippen LogP contribution in [0.1, 0.15) is 0 Å². The first kappa shape index (κ1) is 31.4. The Labute approximate surface area is 316 Å². The molecule has 0 aliphatic rings. The van der Waals surface area contributed by atoms with Gasteiger partial charge in [-0.2, -0.15) is 0 Å². The van der Waals surface area contributed by atoms with Gasteiger partial charge in [0.05, 0.1) is 10.2 Å². The summed E-state index contributed by atoms with van der Waals surface area (Å²) in [4.78, 5) is 7.39. The summed E-state index contributed by atoms with van der Waals surface area (Å²) in [5.74, 6) is 0. The predicted octanol–water partition coefficient (Wildman–Crippen LogP) is 14.8. The molecule has 0 atom stereocenters. The topological polar surface area (TPSA) is 16.1 Å². The third-order valence-corrected chi connectivity index (χ3v) is 12.2. The number of benzene rings is 8. The van der Waals surface area contributed by atoms with E-state index in [1.165, 1.54) is 58.3 Å². The van der Waals surface area contributed by atoms with Gasteiger partial charge in [0.1, 0.15) is 5.01 Å². The van der Waals surface area contributed by atoms with Gasteiger partial charge in [0.25, 0.3) is 0 Å². The second kappa shape index (κ2) is 13.3. The van der Waals surface area contributed by atoms with Crippen molar-refractivity contribution in [3.05, 3.63) is 194 Å². The molecule has 4 heteroatoms. The molecule has 2 heterocycles. The Morgan fingerprint density at radius 2 is 0.868 bits per heavy atom. The summed E-state index contributed by atoms with van der Waals surface area (Å²) in [7, 11) is 0. The monoisotopic (exact) mass is 712 g/mol. The lowest BCUT2D eigenvalue weighted by Gasteiger charge is -2.26. The number of rotatable bonds is 7. The van der Waals surface area contributed by atoms with E-state index in [2.05, 4.69) is 199 Å². The van der Waals surface area contributed by atoms with Crippen LogP contribution in [0, 0.1) is 0 Å². The number of hydrogen-bond donors (Lipinski definition) is 0. The van der Waals surface area contributed by atoms with Gasteiger partial charge in [-0.3, -0.25) is 0 Å². The molecule has 0 fully saturated rings. The Hall–Kier alpha value is -6.33. The molecule has 0 saturated heterocycles. The van der Waals surface area contributed by atoms with Gasteiger partial charge in [0, 0.05) is 42.8 Å². The van der Waals surface area contributed by atoms with Crippen LogP contribution in [-0.4, -0.2) is 4.98 Å². The van der Waals surface area contributed by atoms with Gasteiger partial charge in [0.2, 0.25) is 0 Å². The molecule has 10 rings (SSSR count). The predicted molar refractivity (Wildman–Crippen MR) is 229 cm³/mol. The van der Waals surface area contributed by atoms with E-state index < -0.39 is 0 Å². The first-order chi connectivity index (χ1) is 26.2. The van der Waals surface area contributed by atoms with Crippen LogP contribution in [0.25, 0.3) is 74.3 Å². The van der Waals surface area contributed by atoms with Crippen LogP contribution in [0.4, 0.5) is 17.1 Å². The second-order valence-corrected chi connectivity index (χ2v) is 15.3. The van der Waals surface area contributed by atoms with E-state index in [-0.39, 0.29) is 0 Å². The van der Waals surface area contributed by atoms with Crippen molar-refractivity contribution in [2.24, 2.45) is 0 Å². The second-order valence-electron chi connectivity index (χ2n) is 13.2. The van der Waals surface area contributed by atoms with Crippen LogP contribution in [0.2, 0.25) is 0 Å². The zero-order valence-corrected chi connectivity index (χ0v) is 30.3. The number of anilines is 3. The SMILES string of the molecule is c1ccc(-c2ccc(N(c3ccc(-c4ccc5sc6ccc7nc(-c8ccccc8)sc7c6c5c4)cc3)c3cccc(-c4ccccc4)c3)cc2)cc1. The van der Waals surface area contributed by atoms with E-state index in [1.54, 1.807) is 11.3 Å². The molecule has 0 saturated carbocycles. The summed E-state index contributed by atoms with van der Waals surface area (Å²) in [5, 5.41) is 3.66. The van der Waals surface area contributed by atoms with Crippen molar-refractivity contribution in [1.82, 2.24) is 4.98 Å². The molecule has 0 aliphatic carbocycles. The minimum absolute atomic E-state index is 1.06. The minimum Gasteiger partial charge on any atom is -0.310 e. The normalized spacial score (nSPS) is 11.4. The maximum absolute atomic E-state index is 5.04. The highest BCUT2D eigenvalue weighted by atomic mass is 32.1. The Bertz CT molecular complexity index is 2860. The maximum Gasteiger partial charge on any atom is 0.124 e. The van der Waals surface area contributed by atoms with Gasteiger partial charge < -0.3 is 4.90 Å². The number of fused-ring (bicyclic) bond motifs is 5. The van der Waals surface area contributed by atoms with E-state index in [9.17, 15) is 0 Å². The molecule has 2 aromatic heterocycles. The van der Waals surface area contributed by atoms with Gasteiger partial charge in [0.15, 0.2) is 0 Å².